The van der Waals surface area contributed by atoms with Crippen molar-refractivity contribution < 1.29 is 13.9 Å². The van der Waals surface area contributed by atoms with Crippen molar-refractivity contribution >= 4 is 11.9 Å². The Morgan fingerprint density at radius 1 is 1.36 bits per heavy atom. The van der Waals surface area contributed by atoms with Gasteiger partial charge >= 0.3 is 0 Å². The van der Waals surface area contributed by atoms with Crippen LogP contribution in [0.5, 0.6) is 0 Å². The molecule has 8 nitrogen and oxygen atoms in total. The van der Waals surface area contributed by atoms with Gasteiger partial charge in [0.05, 0.1) is 30.5 Å². The Labute approximate surface area is 145 Å². The van der Waals surface area contributed by atoms with Gasteiger partial charge in [0.2, 0.25) is 11.9 Å². The third-order valence-corrected chi connectivity index (χ3v) is 4.14. The highest BCUT2D eigenvalue weighted by Gasteiger charge is 2.37. The highest BCUT2D eigenvalue weighted by Crippen LogP contribution is 2.28. The van der Waals surface area contributed by atoms with E-state index in [-0.39, 0.29) is 24.5 Å². The van der Waals surface area contributed by atoms with Gasteiger partial charge in [0, 0.05) is 38.9 Å². The van der Waals surface area contributed by atoms with Crippen molar-refractivity contribution in [1.82, 2.24) is 24.4 Å². The van der Waals surface area contributed by atoms with Gasteiger partial charge in [-0.25, -0.2) is 19.3 Å². The normalized spacial score (nSPS) is 20.0. The molecule has 134 valence electrons. The molecule has 1 N–H and O–H groups in total. The minimum absolute atomic E-state index is 0.0135. The summed E-state index contributed by atoms with van der Waals surface area (Å²) in [5.74, 6) is -0.245. The Balaban J connectivity index is 1.76. The van der Waals surface area contributed by atoms with E-state index in [0.29, 0.717) is 25.6 Å². The quantitative estimate of drug-likeness (QED) is 0.831. The van der Waals surface area contributed by atoms with Gasteiger partial charge in [-0.15, -0.1) is 0 Å². The summed E-state index contributed by atoms with van der Waals surface area (Å²) in [6.45, 7) is 3.42. The van der Waals surface area contributed by atoms with E-state index < -0.39 is 5.82 Å². The van der Waals surface area contributed by atoms with E-state index in [1.54, 1.807) is 11.2 Å². The minimum Gasteiger partial charge on any atom is -0.372 e. The van der Waals surface area contributed by atoms with Crippen LogP contribution in [0, 0.1) is 5.82 Å². The van der Waals surface area contributed by atoms with Crippen molar-refractivity contribution in [3.8, 4) is 0 Å². The molecule has 2 atom stereocenters. The van der Waals surface area contributed by atoms with E-state index in [9.17, 15) is 9.18 Å². The number of carbonyl (C=O) groups excluding carboxylic acids is 1. The van der Waals surface area contributed by atoms with Crippen molar-refractivity contribution in [2.45, 2.75) is 18.9 Å². The summed E-state index contributed by atoms with van der Waals surface area (Å²) in [7, 11) is 1.90. The van der Waals surface area contributed by atoms with Gasteiger partial charge in [-0.05, 0) is 6.92 Å². The number of rotatable bonds is 6. The van der Waals surface area contributed by atoms with Crippen LogP contribution in [-0.2, 0) is 16.6 Å². The van der Waals surface area contributed by atoms with E-state index in [1.807, 2.05) is 24.7 Å². The van der Waals surface area contributed by atoms with Gasteiger partial charge in [0.15, 0.2) is 5.82 Å². The summed E-state index contributed by atoms with van der Waals surface area (Å²) in [5, 5.41) is 3.19. The molecule has 1 aliphatic rings. The van der Waals surface area contributed by atoms with Crippen molar-refractivity contribution in [2.75, 3.05) is 31.6 Å². The molecule has 25 heavy (non-hydrogen) atoms. The van der Waals surface area contributed by atoms with Gasteiger partial charge in [0.25, 0.3) is 0 Å². The molecule has 0 radical (unpaired) electrons. The maximum absolute atomic E-state index is 13.0. The molecule has 0 bridgehead atoms. The first kappa shape index (κ1) is 17.3. The van der Waals surface area contributed by atoms with Gasteiger partial charge < -0.3 is 19.5 Å². The lowest BCUT2D eigenvalue weighted by Crippen LogP contribution is -2.34. The van der Waals surface area contributed by atoms with Crippen LogP contribution in [0.15, 0.2) is 24.9 Å². The summed E-state index contributed by atoms with van der Waals surface area (Å²) in [6, 6.07) is -0.120. The minimum atomic E-state index is -0.494. The topological polar surface area (TPSA) is 85.2 Å². The molecule has 0 aromatic carbocycles. The third-order valence-electron chi connectivity index (χ3n) is 4.14. The number of nitrogens with zero attached hydrogens (tertiary/aromatic N) is 5. The van der Waals surface area contributed by atoms with Crippen LogP contribution >= 0.6 is 0 Å². The Morgan fingerprint density at radius 3 is 2.76 bits per heavy atom. The number of nitrogens with one attached hydrogen (secondary N) is 1. The highest BCUT2D eigenvalue weighted by molar-refractivity contribution is 5.78. The van der Waals surface area contributed by atoms with Crippen molar-refractivity contribution in [3.05, 3.63) is 36.4 Å². The molecule has 2 aromatic rings. The van der Waals surface area contributed by atoms with E-state index in [1.165, 1.54) is 0 Å². The predicted molar refractivity (Wildman–Crippen MR) is 88.4 cm³/mol. The van der Waals surface area contributed by atoms with Crippen molar-refractivity contribution in [1.29, 1.82) is 0 Å². The lowest BCUT2D eigenvalue weighted by Gasteiger charge is -2.18. The number of ether oxygens (including phenoxy) is 1. The highest BCUT2D eigenvalue weighted by atomic mass is 19.1. The zero-order chi connectivity index (χ0) is 17.8. The van der Waals surface area contributed by atoms with Crippen LogP contribution in [0.3, 0.4) is 0 Å². The fourth-order valence-corrected chi connectivity index (χ4v) is 2.91. The largest absolute Gasteiger partial charge is 0.372 e. The van der Waals surface area contributed by atoms with Crippen LogP contribution in [-0.4, -0.2) is 62.7 Å². The fourth-order valence-electron chi connectivity index (χ4n) is 2.91. The number of amides is 1. The first-order valence-electron chi connectivity index (χ1n) is 8.14. The van der Waals surface area contributed by atoms with Crippen LogP contribution < -0.4 is 5.32 Å². The van der Waals surface area contributed by atoms with Crippen LogP contribution in [0.2, 0.25) is 0 Å². The average Bonchev–Trinajstić information content (AvgIpc) is 3.21. The molecule has 3 rings (SSSR count). The van der Waals surface area contributed by atoms with E-state index in [0.717, 1.165) is 18.1 Å². The summed E-state index contributed by atoms with van der Waals surface area (Å²) in [5.41, 5.74) is 0.883. The van der Waals surface area contributed by atoms with Crippen molar-refractivity contribution in [2.24, 2.45) is 7.05 Å². The maximum Gasteiger partial charge on any atom is 0.248 e. The number of carbonyl (C=O) groups is 1. The first-order valence-corrected chi connectivity index (χ1v) is 8.14. The molecule has 0 aliphatic carbocycles. The zero-order valence-corrected chi connectivity index (χ0v) is 14.2. The van der Waals surface area contributed by atoms with E-state index >= 15 is 0 Å². The third kappa shape index (κ3) is 4.11. The number of anilines is 1. The molecule has 1 aliphatic heterocycles. The summed E-state index contributed by atoms with van der Waals surface area (Å²) in [6.07, 6.45) is 5.88. The number of hydrogen-bond donors (Lipinski definition) is 1. The Bertz CT molecular complexity index is 720. The lowest BCUT2D eigenvalue weighted by atomic mass is 10.0. The standard InChI is InChI=1S/C16H21FN6O2/c1-3-25-9-15(24)23-6-12(13-7-22(2)10-20-13)14(8-23)21-16-18-4-11(17)5-19-16/h4-5,7,10,12,14H,3,6,8-9H2,1-2H3,(H,18,19,21)/t12-,14+/m0/s1. The number of aromatic nitrogens is 4. The van der Waals surface area contributed by atoms with Gasteiger partial charge in [-0.1, -0.05) is 0 Å². The molecule has 0 unspecified atom stereocenters. The molecule has 2 aromatic heterocycles. The zero-order valence-electron chi connectivity index (χ0n) is 14.2. The Morgan fingerprint density at radius 2 is 2.12 bits per heavy atom. The van der Waals surface area contributed by atoms with E-state index in [4.69, 9.17) is 4.74 Å². The molecule has 1 saturated heterocycles. The molecular formula is C16H21FN6O2. The SMILES string of the molecule is CCOCC(=O)N1C[C@@H](Nc2ncc(F)cn2)[C@H](c2cn(C)cn2)C1. The second-order valence-electron chi connectivity index (χ2n) is 5.98. The molecule has 1 amide bonds. The van der Waals surface area contributed by atoms with Crippen LogP contribution in [0.4, 0.5) is 10.3 Å². The summed E-state index contributed by atoms with van der Waals surface area (Å²) in [4.78, 5) is 26.3. The molecule has 0 saturated carbocycles. The number of imidazole rings is 1. The summed E-state index contributed by atoms with van der Waals surface area (Å²) < 4.78 is 20.1. The van der Waals surface area contributed by atoms with Crippen molar-refractivity contribution in [3.63, 3.8) is 0 Å². The fraction of sp³-hybridized carbons (Fsp3) is 0.500. The number of hydrogen-bond acceptors (Lipinski definition) is 6. The number of likely N-dealkylation sites (tertiary alicyclic amines) is 1. The molecule has 9 heteroatoms. The second-order valence-corrected chi connectivity index (χ2v) is 5.98. The number of halogens is 1. The molecular weight excluding hydrogens is 327 g/mol. The van der Waals surface area contributed by atoms with Gasteiger partial charge in [-0.2, -0.15) is 0 Å². The Kier molecular flexibility index (Phi) is 5.22. The van der Waals surface area contributed by atoms with E-state index in [2.05, 4.69) is 20.3 Å². The molecule has 0 spiro atoms. The smallest absolute Gasteiger partial charge is 0.248 e. The molecule has 3 heterocycles. The molecule has 1 fully saturated rings. The van der Waals surface area contributed by atoms with Crippen LogP contribution in [0.25, 0.3) is 0 Å². The lowest BCUT2D eigenvalue weighted by molar-refractivity contribution is -0.134. The first-order chi connectivity index (χ1) is 12.1. The second kappa shape index (κ2) is 7.56. The predicted octanol–water partition coefficient (Wildman–Crippen LogP) is 0.792. The monoisotopic (exact) mass is 348 g/mol. The maximum atomic E-state index is 13.0. The Hall–Kier alpha value is -2.55. The average molecular weight is 348 g/mol. The van der Waals surface area contributed by atoms with Gasteiger partial charge in [-0.3, -0.25) is 4.79 Å². The van der Waals surface area contributed by atoms with Crippen LogP contribution in [0.1, 0.15) is 18.5 Å². The summed E-state index contributed by atoms with van der Waals surface area (Å²) >= 11 is 0. The number of aryl methyl sites for hydroxylation is 1. The van der Waals surface area contributed by atoms with Gasteiger partial charge in [0.1, 0.15) is 6.61 Å².